The lowest BCUT2D eigenvalue weighted by Gasteiger charge is -2.20. The second-order valence-corrected chi connectivity index (χ2v) is 16.4. The van der Waals surface area contributed by atoms with Crippen molar-refractivity contribution >= 4 is 24.1 Å². The Morgan fingerprint density at radius 2 is 1.67 bits per heavy atom. The first-order valence-corrected chi connectivity index (χ1v) is 12.9. The fourth-order valence-electron chi connectivity index (χ4n) is 3.16. The van der Waals surface area contributed by atoms with E-state index in [-0.39, 0.29) is 0 Å². The van der Waals surface area contributed by atoms with Crippen LogP contribution in [0.4, 0.5) is 0 Å². The Hall–Kier alpha value is 0.237. The summed E-state index contributed by atoms with van der Waals surface area (Å²) in [4.78, 5) is 5.09. The van der Waals surface area contributed by atoms with E-state index in [2.05, 4.69) is 30.9 Å². The monoisotopic (exact) mass is 283 g/mol. The highest BCUT2D eigenvalue weighted by Gasteiger charge is 2.27. The summed E-state index contributed by atoms with van der Waals surface area (Å²) < 4.78 is 0. The van der Waals surface area contributed by atoms with Gasteiger partial charge in [0.15, 0.2) is 0 Å². The van der Waals surface area contributed by atoms with E-state index in [9.17, 15) is 0 Å². The van der Waals surface area contributed by atoms with E-state index in [1.807, 2.05) is 0 Å². The van der Waals surface area contributed by atoms with Crippen molar-refractivity contribution in [3.05, 3.63) is 0 Å². The van der Waals surface area contributed by atoms with Crippen LogP contribution in [0, 0.1) is 0 Å². The average molecular weight is 284 g/mol. The molecule has 0 saturated heterocycles. The van der Waals surface area contributed by atoms with Crippen molar-refractivity contribution in [2.75, 3.05) is 0 Å². The van der Waals surface area contributed by atoms with Gasteiger partial charge in [-0.1, -0.05) is 45.3 Å². The van der Waals surface area contributed by atoms with Gasteiger partial charge in [0.1, 0.15) is 7.22 Å². The summed E-state index contributed by atoms with van der Waals surface area (Å²) in [7, 11) is -0.950. The van der Waals surface area contributed by atoms with Gasteiger partial charge in [0.2, 0.25) is 0 Å². The molecule has 18 heavy (non-hydrogen) atoms. The van der Waals surface area contributed by atoms with Crippen molar-refractivity contribution in [2.45, 2.75) is 88.7 Å². The summed E-state index contributed by atoms with van der Waals surface area (Å²) in [5.74, 6) is 0. The molecule has 104 valence electrons. The van der Waals surface area contributed by atoms with Crippen LogP contribution in [0.25, 0.3) is 0 Å². The first-order valence-electron chi connectivity index (χ1n) is 7.76. The van der Waals surface area contributed by atoms with E-state index in [1.165, 1.54) is 57.8 Å². The van der Waals surface area contributed by atoms with Crippen LogP contribution in [0.3, 0.4) is 0 Å². The molecule has 0 amide bonds. The summed E-state index contributed by atoms with van der Waals surface area (Å²) in [5, 5.41) is 0.890. The molecule has 2 fully saturated rings. The van der Waals surface area contributed by atoms with E-state index in [0.29, 0.717) is 6.04 Å². The van der Waals surface area contributed by atoms with Crippen molar-refractivity contribution in [1.82, 2.24) is 0 Å². The van der Waals surface area contributed by atoms with Crippen LogP contribution in [0.2, 0.25) is 19.6 Å². The Morgan fingerprint density at radius 1 is 1.00 bits per heavy atom. The molecular weight excluding hydrogens is 254 g/mol. The van der Waals surface area contributed by atoms with E-state index in [4.69, 9.17) is 4.99 Å². The van der Waals surface area contributed by atoms with Crippen molar-refractivity contribution in [1.29, 1.82) is 0 Å². The van der Waals surface area contributed by atoms with Crippen LogP contribution in [0.5, 0.6) is 0 Å². The lowest BCUT2D eigenvalue weighted by atomic mass is 10.1. The third kappa shape index (κ3) is 5.08. The lowest BCUT2D eigenvalue weighted by Crippen LogP contribution is -2.19. The topological polar surface area (TPSA) is 12.4 Å². The predicted molar refractivity (Wildman–Crippen MR) is 87.5 cm³/mol. The maximum absolute atomic E-state index is 5.09. The Labute approximate surface area is 118 Å². The Balaban J connectivity index is 1.83. The highest BCUT2D eigenvalue weighted by atomic mass is 32.4. The molecule has 2 rings (SSSR count). The molecule has 0 bridgehead atoms. The highest BCUT2D eigenvalue weighted by Crippen LogP contribution is 2.35. The van der Waals surface area contributed by atoms with Gasteiger partial charge in [-0.2, -0.15) is 11.2 Å². The Kier molecular flexibility index (Phi) is 5.37. The molecule has 1 nitrogen and oxygen atoms in total. The van der Waals surface area contributed by atoms with E-state index < -0.39 is 7.22 Å². The molecule has 2 aliphatic carbocycles. The van der Waals surface area contributed by atoms with Gasteiger partial charge in [-0.15, -0.1) is 0 Å². The van der Waals surface area contributed by atoms with Gasteiger partial charge < -0.3 is 0 Å². The fraction of sp³-hybridized carbons (Fsp3) is 0.933. The first-order chi connectivity index (χ1) is 8.53. The molecule has 0 aliphatic heterocycles. The fourth-order valence-corrected chi connectivity index (χ4v) is 8.27. The number of hydrogen-bond donors (Lipinski definition) is 0. The Morgan fingerprint density at radius 3 is 2.28 bits per heavy atom. The third-order valence-electron chi connectivity index (χ3n) is 3.93. The van der Waals surface area contributed by atoms with Gasteiger partial charge in [0.25, 0.3) is 0 Å². The number of hydrogen-bond acceptors (Lipinski definition) is 2. The zero-order valence-corrected chi connectivity index (χ0v) is 14.2. The Bertz CT molecular complexity index is 287. The largest absolute Gasteiger partial charge is 0.291 e. The van der Waals surface area contributed by atoms with Crippen LogP contribution >= 0.6 is 11.2 Å². The zero-order valence-electron chi connectivity index (χ0n) is 12.4. The van der Waals surface area contributed by atoms with Crippen LogP contribution in [0.15, 0.2) is 4.99 Å². The quantitative estimate of drug-likeness (QED) is 0.507. The summed E-state index contributed by atoms with van der Waals surface area (Å²) in [6.45, 7) is 7.41. The van der Waals surface area contributed by atoms with Gasteiger partial charge in [-0.3, -0.25) is 4.99 Å². The van der Waals surface area contributed by atoms with Gasteiger partial charge in [0.05, 0.1) is 0 Å². The smallest absolute Gasteiger partial charge is 0.108 e. The molecule has 0 aromatic carbocycles. The molecule has 1 atom stereocenters. The summed E-state index contributed by atoms with van der Waals surface area (Å²) in [6.07, 6.45) is 12.4. The van der Waals surface area contributed by atoms with Gasteiger partial charge in [-0.25, -0.2) is 0 Å². The molecule has 0 N–H and O–H groups in total. The molecular formula is C15H29NSSi. The molecule has 0 radical (unpaired) electrons. The normalized spacial score (nSPS) is 29.7. The SMILES string of the molecule is C[Si](C)(C)SC1CCC(=NC2CCCCCC2)C1. The van der Waals surface area contributed by atoms with E-state index in [1.54, 1.807) is 5.71 Å². The second kappa shape index (κ2) is 6.60. The second-order valence-electron chi connectivity index (χ2n) is 6.94. The standard InChI is InChI=1S/C15H29NSSi/c1-18(2,3)17-15-11-10-14(12-15)16-13-8-6-4-5-7-9-13/h13,15H,4-12H2,1-3H3. The number of aliphatic imine (C=N–C) groups is 1. The summed E-state index contributed by atoms with van der Waals surface area (Å²) in [6, 6.07) is 0.679. The van der Waals surface area contributed by atoms with Crippen molar-refractivity contribution in [3.8, 4) is 0 Å². The van der Waals surface area contributed by atoms with Crippen LogP contribution < -0.4 is 0 Å². The maximum atomic E-state index is 5.09. The van der Waals surface area contributed by atoms with E-state index in [0.717, 1.165) is 5.25 Å². The van der Waals surface area contributed by atoms with Gasteiger partial charge in [-0.05, 0) is 32.1 Å². The zero-order chi connectivity index (χ0) is 13.0. The average Bonchev–Trinajstić information content (AvgIpc) is 2.53. The summed E-state index contributed by atoms with van der Waals surface area (Å²) in [5.41, 5.74) is 1.55. The molecule has 0 aromatic rings. The molecule has 0 aromatic heterocycles. The van der Waals surface area contributed by atoms with Crippen molar-refractivity contribution < 1.29 is 0 Å². The molecule has 0 spiro atoms. The van der Waals surface area contributed by atoms with Crippen LogP contribution in [-0.4, -0.2) is 24.2 Å². The predicted octanol–water partition coefficient (Wildman–Crippen LogP) is 5.27. The molecule has 2 saturated carbocycles. The highest BCUT2D eigenvalue weighted by molar-refractivity contribution is 8.29. The van der Waals surface area contributed by atoms with Gasteiger partial charge in [0, 0.05) is 17.0 Å². The minimum atomic E-state index is -0.950. The molecule has 3 heteroatoms. The summed E-state index contributed by atoms with van der Waals surface area (Å²) >= 11 is 2.29. The van der Waals surface area contributed by atoms with Crippen LogP contribution in [-0.2, 0) is 0 Å². The third-order valence-corrected chi connectivity index (χ3v) is 8.49. The molecule has 2 aliphatic rings. The number of rotatable bonds is 3. The molecule has 0 heterocycles. The maximum Gasteiger partial charge on any atom is 0.108 e. The minimum Gasteiger partial charge on any atom is -0.291 e. The molecule has 1 unspecified atom stereocenters. The first kappa shape index (κ1) is 14.6. The van der Waals surface area contributed by atoms with Crippen molar-refractivity contribution in [3.63, 3.8) is 0 Å². The van der Waals surface area contributed by atoms with Gasteiger partial charge >= 0.3 is 0 Å². The van der Waals surface area contributed by atoms with E-state index >= 15 is 0 Å². The minimum absolute atomic E-state index is 0.679. The number of nitrogens with zero attached hydrogens (tertiary/aromatic N) is 1. The lowest BCUT2D eigenvalue weighted by molar-refractivity contribution is 0.584. The van der Waals surface area contributed by atoms with Crippen LogP contribution in [0.1, 0.15) is 57.8 Å². The van der Waals surface area contributed by atoms with Crippen molar-refractivity contribution in [2.24, 2.45) is 4.99 Å².